The molecular formula is C14H17ClN2O2S. The summed E-state index contributed by atoms with van der Waals surface area (Å²) < 4.78 is 5.47. The summed E-state index contributed by atoms with van der Waals surface area (Å²) in [6, 6.07) is 7.07. The molecule has 1 atom stereocenters. The van der Waals surface area contributed by atoms with Crippen molar-refractivity contribution >= 4 is 22.9 Å². The highest BCUT2D eigenvalue weighted by atomic mass is 35.5. The lowest BCUT2D eigenvalue weighted by Crippen LogP contribution is -2.31. The van der Waals surface area contributed by atoms with Gasteiger partial charge in [-0.1, -0.05) is 11.6 Å². The number of aryl methyl sites for hydroxylation is 1. The van der Waals surface area contributed by atoms with Gasteiger partial charge in [-0.2, -0.15) is 0 Å². The van der Waals surface area contributed by atoms with Gasteiger partial charge in [0.15, 0.2) is 0 Å². The second-order valence-corrected chi connectivity index (χ2v) is 5.81. The monoisotopic (exact) mass is 312 g/mol. The van der Waals surface area contributed by atoms with Crippen LogP contribution in [0.1, 0.15) is 10.7 Å². The Morgan fingerprint density at radius 3 is 2.80 bits per heavy atom. The molecule has 2 aromatic rings. The summed E-state index contributed by atoms with van der Waals surface area (Å²) in [6.45, 7) is 3.34. The molecule has 0 fully saturated rings. The highest BCUT2D eigenvalue weighted by Crippen LogP contribution is 2.15. The van der Waals surface area contributed by atoms with Gasteiger partial charge in [0.1, 0.15) is 23.5 Å². The van der Waals surface area contributed by atoms with Crippen LogP contribution in [0.25, 0.3) is 0 Å². The number of benzene rings is 1. The molecule has 1 aromatic carbocycles. The van der Waals surface area contributed by atoms with E-state index in [1.807, 2.05) is 12.3 Å². The quantitative estimate of drug-likeness (QED) is 0.825. The fourth-order valence-corrected chi connectivity index (χ4v) is 2.48. The highest BCUT2D eigenvalue weighted by Gasteiger charge is 2.06. The number of nitrogens with one attached hydrogen (secondary N) is 1. The van der Waals surface area contributed by atoms with Gasteiger partial charge in [-0.15, -0.1) is 11.3 Å². The molecule has 20 heavy (non-hydrogen) atoms. The van der Waals surface area contributed by atoms with E-state index in [0.717, 1.165) is 10.7 Å². The number of thiazole rings is 1. The van der Waals surface area contributed by atoms with Crippen molar-refractivity contribution in [2.75, 3.05) is 13.2 Å². The van der Waals surface area contributed by atoms with Crippen molar-refractivity contribution < 1.29 is 9.84 Å². The van der Waals surface area contributed by atoms with E-state index >= 15 is 0 Å². The molecule has 4 nitrogen and oxygen atoms in total. The highest BCUT2D eigenvalue weighted by molar-refractivity contribution is 7.09. The van der Waals surface area contributed by atoms with Crippen molar-refractivity contribution in [1.29, 1.82) is 0 Å². The molecule has 6 heteroatoms. The van der Waals surface area contributed by atoms with Gasteiger partial charge in [0, 0.05) is 29.2 Å². The zero-order chi connectivity index (χ0) is 14.4. The zero-order valence-electron chi connectivity index (χ0n) is 11.2. The summed E-state index contributed by atoms with van der Waals surface area (Å²) in [5.74, 6) is 0.698. The van der Waals surface area contributed by atoms with E-state index in [1.54, 1.807) is 35.6 Å². The van der Waals surface area contributed by atoms with E-state index in [4.69, 9.17) is 16.3 Å². The summed E-state index contributed by atoms with van der Waals surface area (Å²) in [7, 11) is 0. The van der Waals surface area contributed by atoms with Crippen LogP contribution in [0.4, 0.5) is 0 Å². The number of nitrogens with zero attached hydrogens (tertiary/aromatic N) is 1. The van der Waals surface area contributed by atoms with E-state index < -0.39 is 6.10 Å². The maximum atomic E-state index is 9.82. The van der Waals surface area contributed by atoms with Gasteiger partial charge >= 0.3 is 0 Å². The van der Waals surface area contributed by atoms with E-state index in [-0.39, 0.29) is 6.61 Å². The van der Waals surface area contributed by atoms with Crippen LogP contribution in [0, 0.1) is 6.92 Å². The fraction of sp³-hybridized carbons (Fsp3) is 0.357. The van der Waals surface area contributed by atoms with E-state index in [2.05, 4.69) is 10.3 Å². The molecule has 2 rings (SSSR count). The Kier molecular flexibility index (Phi) is 5.79. The van der Waals surface area contributed by atoms with Gasteiger partial charge in [-0.3, -0.25) is 0 Å². The van der Waals surface area contributed by atoms with Crippen molar-refractivity contribution in [1.82, 2.24) is 10.3 Å². The van der Waals surface area contributed by atoms with Crippen LogP contribution in [0.15, 0.2) is 29.6 Å². The van der Waals surface area contributed by atoms with E-state index in [1.165, 1.54) is 0 Å². The van der Waals surface area contributed by atoms with Crippen LogP contribution in [0.5, 0.6) is 5.75 Å². The summed E-state index contributed by atoms with van der Waals surface area (Å²) in [6.07, 6.45) is -0.563. The van der Waals surface area contributed by atoms with Gasteiger partial charge in [0.25, 0.3) is 0 Å². The van der Waals surface area contributed by atoms with Gasteiger partial charge in [0.2, 0.25) is 0 Å². The molecule has 0 saturated heterocycles. The number of halogens is 1. The Hall–Kier alpha value is -1.14. The van der Waals surface area contributed by atoms with Crippen LogP contribution in [0.3, 0.4) is 0 Å². The maximum absolute atomic E-state index is 9.82. The van der Waals surface area contributed by atoms with E-state index in [0.29, 0.717) is 23.9 Å². The molecule has 108 valence electrons. The molecular weight excluding hydrogens is 296 g/mol. The molecule has 0 aliphatic carbocycles. The molecule has 0 radical (unpaired) electrons. The third-order valence-corrected chi connectivity index (χ3v) is 3.80. The number of ether oxygens (including phenoxy) is 1. The minimum Gasteiger partial charge on any atom is -0.491 e. The predicted molar refractivity (Wildman–Crippen MR) is 81.5 cm³/mol. The Morgan fingerprint density at radius 2 is 2.15 bits per heavy atom. The molecule has 2 N–H and O–H groups in total. The van der Waals surface area contributed by atoms with Gasteiger partial charge < -0.3 is 15.2 Å². The molecule has 1 unspecified atom stereocenters. The second kappa shape index (κ2) is 7.59. The summed E-state index contributed by atoms with van der Waals surface area (Å²) in [4.78, 5) is 4.34. The van der Waals surface area contributed by atoms with Crippen LogP contribution in [-0.2, 0) is 6.54 Å². The minimum absolute atomic E-state index is 0.242. The van der Waals surface area contributed by atoms with Crippen molar-refractivity contribution in [3.8, 4) is 5.75 Å². The average molecular weight is 313 g/mol. The molecule has 1 heterocycles. The van der Waals surface area contributed by atoms with Crippen LogP contribution in [-0.4, -0.2) is 29.3 Å². The van der Waals surface area contributed by atoms with Crippen molar-refractivity contribution in [2.24, 2.45) is 0 Å². The van der Waals surface area contributed by atoms with Gasteiger partial charge in [0.05, 0.1) is 0 Å². The molecule has 0 saturated carbocycles. The molecule has 0 bridgehead atoms. The lowest BCUT2D eigenvalue weighted by molar-refractivity contribution is 0.106. The molecule has 0 aliphatic heterocycles. The van der Waals surface area contributed by atoms with Crippen LogP contribution >= 0.6 is 22.9 Å². The summed E-state index contributed by atoms with van der Waals surface area (Å²) >= 11 is 7.40. The Balaban J connectivity index is 1.65. The zero-order valence-corrected chi connectivity index (χ0v) is 12.7. The van der Waals surface area contributed by atoms with E-state index in [9.17, 15) is 5.11 Å². The lowest BCUT2D eigenvalue weighted by atomic mass is 10.3. The topological polar surface area (TPSA) is 54.4 Å². The Bertz CT molecular complexity index is 530. The minimum atomic E-state index is -0.563. The molecule has 1 aromatic heterocycles. The van der Waals surface area contributed by atoms with Crippen molar-refractivity contribution in [3.63, 3.8) is 0 Å². The standard InChI is InChI=1S/C14H17ClN2O2S/c1-10-9-20-14(17-10)7-16-6-12(18)8-19-13-4-2-11(15)3-5-13/h2-5,9,12,16,18H,6-8H2,1H3. The first-order valence-corrected chi connectivity index (χ1v) is 7.57. The van der Waals surface area contributed by atoms with Gasteiger partial charge in [-0.05, 0) is 31.2 Å². The maximum Gasteiger partial charge on any atom is 0.119 e. The van der Waals surface area contributed by atoms with Crippen LogP contribution in [0.2, 0.25) is 5.02 Å². The largest absolute Gasteiger partial charge is 0.491 e. The normalized spacial score (nSPS) is 12.3. The molecule has 0 spiro atoms. The number of aromatic nitrogens is 1. The number of aliphatic hydroxyl groups is 1. The Morgan fingerprint density at radius 1 is 1.40 bits per heavy atom. The Labute approximate surface area is 127 Å². The van der Waals surface area contributed by atoms with Crippen molar-refractivity contribution in [2.45, 2.75) is 19.6 Å². The number of hydrogen-bond donors (Lipinski definition) is 2. The van der Waals surface area contributed by atoms with Gasteiger partial charge in [-0.25, -0.2) is 4.98 Å². The number of aliphatic hydroxyl groups excluding tert-OH is 1. The first kappa shape index (κ1) is 15.3. The lowest BCUT2D eigenvalue weighted by Gasteiger charge is -2.12. The summed E-state index contributed by atoms with van der Waals surface area (Å²) in [5.41, 5.74) is 1.03. The first-order chi connectivity index (χ1) is 9.63. The second-order valence-electron chi connectivity index (χ2n) is 4.43. The van der Waals surface area contributed by atoms with Crippen LogP contribution < -0.4 is 10.1 Å². The first-order valence-electron chi connectivity index (χ1n) is 6.31. The molecule has 0 aliphatic rings. The predicted octanol–water partition coefficient (Wildman–Crippen LogP) is 2.63. The number of hydrogen-bond acceptors (Lipinski definition) is 5. The molecule has 0 amide bonds. The smallest absolute Gasteiger partial charge is 0.119 e. The average Bonchev–Trinajstić information content (AvgIpc) is 2.84. The number of rotatable bonds is 7. The third kappa shape index (κ3) is 5.09. The SMILES string of the molecule is Cc1csc(CNCC(O)COc2ccc(Cl)cc2)n1. The fourth-order valence-electron chi connectivity index (χ4n) is 1.61. The van der Waals surface area contributed by atoms with Crippen molar-refractivity contribution in [3.05, 3.63) is 45.4 Å². The summed E-state index contributed by atoms with van der Waals surface area (Å²) in [5, 5.41) is 16.7. The third-order valence-electron chi connectivity index (χ3n) is 2.58.